The largest absolute Gasteiger partial charge is 0.457 e. The number of aromatic nitrogens is 2. The quantitative estimate of drug-likeness (QED) is 0.217. The molecule has 8 nitrogen and oxygen atoms in total. The van der Waals surface area contributed by atoms with Crippen LogP contribution in [0.2, 0.25) is 0 Å². The summed E-state index contributed by atoms with van der Waals surface area (Å²) in [5.74, 6) is 1.58. The van der Waals surface area contributed by atoms with Gasteiger partial charge in [0.1, 0.15) is 11.5 Å². The van der Waals surface area contributed by atoms with Crippen molar-refractivity contribution >= 4 is 22.7 Å². The average molecular weight is 529 g/mol. The predicted octanol–water partition coefficient (Wildman–Crippen LogP) is 4.91. The highest BCUT2D eigenvalue weighted by molar-refractivity contribution is 6.00. The number of hydrogen-bond acceptors (Lipinski definition) is 5. The number of rotatable bonds is 11. The Morgan fingerprint density at radius 1 is 1.13 bits per heavy atom. The van der Waals surface area contributed by atoms with Gasteiger partial charge in [-0.2, -0.15) is 5.10 Å². The van der Waals surface area contributed by atoms with Gasteiger partial charge in [-0.15, -0.1) is 0 Å². The number of allylic oxidation sites excluding steroid dienone is 3. The zero-order valence-electron chi connectivity index (χ0n) is 22.7. The van der Waals surface area contributed by atoms with Crippen molar-refractivity contribution in [3.8, 4) is 5.75 Å². The Hall–Kier alpha value is -4.17. The second kappa shape index (κ2) is 13.1. The molecule has 0 saturated carbocycles. The lowest BCUT2D eigenvalue weighted by Gasteiger charge is -2.32. The first-order valence-electron chi connectivity index (χ1n) is 13.2. The highest BCUT2D eigenvalue weighted by Crippen LogP contribution is 2.25. The average Bonchev–Trinajstić information content (AvgIpc) is 3.37. The zero-order valence-corrected chi connectivity index (χ0v) is 22.7. The van der Waals surface area contributed by atoms with E-state index < -0.39 is 0 Å². The van der Waals surface area contributed by atoms with E-state index in [1.54, 1.807) is 49.6 Å². The van der Waals surface area contributed by atoms with Crippen molar-refractivity contribution in [1.82, 2.24) is 20.0 Å². The number of fused-ring (bicyclic) bond motifs is 1. The van der Waals surface area contributed by atoms with Crippen LogP contribution in [0.15, 0.2) is 79.7 Å². The number of nitrogens with one attached hydrogen (secondary N) is 1. The van der Waals surface area contributed by atoms with Crippen LogP contribution < -0.4 is 10.1 Å². The van der Waals surface area contributed by atoms with Crippen molar-refractivity contribution in [2.45, 2.75) is 26.3 Å². The topological polar surface area (TPSA) is 85.7 Å². The Bertz CT molecular complexity index is 1370. The van der Waals surface area contributed by atoms with Crippen molar-refractivity contribution in [1.29, 1.82) is 0 Å². The van der Waals surface area contributed by atoms with Gasteiger partial charge >= 0.3 is 0 Å². The number of likely N-dealkylation sites (tertiary alicyclic amines) is 1. The lowest BCUT2D eigenvalue weighted by Crippen LogP contribution is -2.39. The number of piperidine rings is 1. The fourth-order valence-corrected chi connectivity index (χ4v) is 4.81. The number of nitrogens with zero attached hydrogens (tertiary/aromatic N) is 3. The highest BCUT2D eigenvalue weighted by Gasteiger charge is 2.24. The number of aryl methyl sites for hydroxylation is 1. The maximum Gasteiger partial charge on any atom is 0.253 e. The standard InChI is InChI=1S/C31H36N4O4/c1-5-7-25(6-2)39-26-10-8-24(9-11-26)31(37)34-17-14-23(15-18-34)20-35-21-28-22(3)27(12-13-29(28)33-35)30(36)32-16-19-38-4/h5-13,21,23H,1-2,14-20H2,3-4H3,(H,32,36)/b25-7+. The minimum absolute atomic E-state index is 0.0299. The minimum Gasteiger partial charge on any atom is -0.457 e. The SMILES string of the molecule is C=C/C=C(\C=C)Oc1ccc(C(=O)N2CCC(Cn3cc4c(C)c(C(=O)NCCOC)ccc4n3)CC2)cc1. The summed E-state index contributed by atoms with van der Waals surface area (Å²) in [5, 5.41) is 8.61. The number of benzene rings is 2. The third-order valence-electron chi connectivity index (χ3n) is 7.01. The Labute approximate surface area is 229 Å². The van der Waals surface area contributed by atoms with Crippen molar-refractivity contribution in [3.05, 3.63) is 96.4 Å². The first-order valence-corrected chi connectivity index (χ1v) is 13.2. The van der Waals surface area contributed by atoms with Gasteiger partial charge in [0, 0.05) is 56.0 Å². The van der Waals surface area contributed by atoms with Crippen LogP contribution in [0.5, 0.6) is 5.75 Å². The van der Waals surface area contributed by atoms with Crippen LogP contribution in [0, 0.1) is 12.8 Å². The third-order valence-corrected chi connectivity index (χ3v) is 7.01. The monoisotopic (exact) mass is 528 g/mol. The van der Waals surface area contributed by atoms with Crippen LogP contribution in [0.4, 0.5) is 0 Å². The number of amides is 2. The van der Waals surface area contributed by atoms with E-state index in [-0.39, 0.29) is 11.8 Å². The molecule has 0 bridgehead atoms. The first kappa shape index (κ1) is 27.9. The minimum atomic E-state index is -0.107. The smallest absolute Gasteiger partial charge is 0.253 e. The van der Waals surface area contributed by atoms with Crippen LogP contribution in [0.1, 0.15) is 39.1 Å². The van der Waals surface area contributed by atoms with Crippen molar-refractivity contribution in [2.24, 2.45) is 5.92 Å². The molecule has 2 heterocycles. The molecule has 1 saturated heterocycles. The molecule has 1 fully saturated rings. The van der Waals surface area contributed by atoms with Crippen molar-refractivity contribution < 1.29 is 19.1 Å². The maximum atomic E-state index is 13.1. The van der Waals surface area contributed by atoms with E-state index >= 15 is 0 Å². The normalized spacial score (nSPS) is 14.3. The summed E-state index contributed by atoms with van der Waals surface area (Å²) in [5.41, 5.74) is 3.09. The molecule has 0 unspecified atom stereocenters. The van der Waals surface area contributed by atoms with Gasteiger partial charge in [0.25, 0.3) is 11.8 Å². The zero-order chi connectivity index (χ0) is 27.8. The van der Waals surface area contributed by atoms with Crippen LogP contribution in [-0.2, 0) is 11.3 Å². The summed E-state index contributed by atoms with van der Waals surface area (Å²) >= 11 is 0. The van der Waals surface area contributed by atoms with E-state index in [1.165, 1.54) is 0 Å². The lowest BCUT2D eigenvalue weighted by atomic mass is 9.96. The van der Waals surface area contributed by atoms with Gasteiger partial charge in [-0.3, -0.25) is 14.3 Å². The van der Waals surface area contributed by atoms with Crippen molar-refractivity contribution in [2.75, 3.05) is 33.4 Å². The molecule has 39 heavy (non-hydrogen) atoms. The Kier molecular flexibility index (Phi) is 9.33. The summed E-state index contributed by atoms with van der Waals surface area (Å²) < 4.78 is 12.7. The molecule has 3 aromatic rings. The summed E-state index contributed by atoms with van der Waals surface area (Å²) in [7, 11) is 1.61. The Morgan fingerprint density at radius 3 is 2.54 bits per heavy atom. The van der Waals surface area contributed by atoms with E-state index in [2.05, 4.69) is 18.5 Å². The molecule has 0 spiro atoms. The molecule has 1 aliphatic heterocycles. The van der Waals surface area contributed by atoms with Gasteiger partial charge in [0.05, 0.1) is 12.1 Å². The molecule has 1 aromatic heterocycles. The summed E-state index contributed by atoms with van der Waals surface area (Å²) in [6.45, 7) is 12.5. The fourth-order valence-electron chi connectivity index (χ4n) is 4.81. The van der Waals surface area contributed by atoms with Gasteiger partial charge in [-0.1, -0.05) is 19.2 Å². The second-order valence-corrected chi connectivity index (χ2v) is 9.64. The highest BCUT2D eigenvalue weighted by atomic mass is 16.5. The van der Waals surface area contributed by atoms with Gasteiger partial charge in [0.15, 0.2) is 0 Å². The van der Waals surface area contributed by atoms with Gasteiger partial charge in [-0.25, -0.2) is 0 Å². The lowest BCUT2D eigenvalue weighted by molar-refractivity contribution is 0.0681. The van der Waals surface area contributed by atoms with Gasteiger partial charge < -0.3 is 19.7 Å². The van der Waals surface area contributed by atoms with E-state index in [1.807, 2.05) is 34.8 Å². The molecule has 204 valence electrons. The van der Waals surface area contributed by atoms with Crippen molar-refractivity contribution in [3.63, 3.8) is 0 Å². The van der Waals surface area contributed by atoms with Crippen LogP contribution in [0.3, 0.4) is 0 Å². The molecule has 4 rings (SSSR count). The Balaban J connectivity index is 1.33. The van der Waals surface area contributed by atoms with E-state index in [0.29, 0.717) is 54.8 Å². The maximum absolute atomic E-state index is 13.1. The summed E-state index contributed by atoms with van der Waals surface area (Å²) in [4.78, 5) is 27.5. The molecule has 8 heteroatoms. The predicted molar refractivity (Wildman–Crippen MR) is 153 cm³/mol. The summed E-state index contributed by atoms with van der Waals surface area (Å²) in [6, 6.07) is 10.9. The van der Waals surface area contributed by atoms with E-state index in [9.17, 15) is 9.59 Å². The third kappa shape index (κ3) is 6.83. The van der Waals surface area contributed by atoms with Crippen LogP contribution in [-0.4, -0.2) is 59.8 Å². The molecule has 1 N–H and O–H groups in total. The number of carbonyl (C=O) groups is 2. The van der Waals surface area contributed by atoms with Crippen LogP contribution >= 0.6 is 0 Å². The Morgan fingerprint density at radius 2 is 1.87 bits per heavy atom. The van der Waals surface area contributed by atoms with Gasteiger partial charge in [0.2, 0.25) is 0 Å². The molecule has 0 atom stereocenters. The van der Waals surface area contributed by atoms with Crippen LogP contribution in [0.25, 0.3) is 10.9 Å². The number of hydrogen-bond donors (Lipinski definition) is 1. The number of methoxy groups -OCH3 is 1. The van der Waals surface area contributed by atoms with E-state index in [4.69, 9.17) is 14.6 Å². The van der Waals surface area contributed by atoms with E-state index in [0.717, 1.165) is 35.9 Å². The number of carbonyl (C=O) groups excluding carboxylic acids is 2. The molecular weight excluding hydrogens is 492 g/mol. The summed E-state index contributed by atoms with van der Waals surface area (Å²) in [6.07, 6.45) is 8.81. The molecule has 0 aliphatic carbocycles. The molecule has 2 aromatic carbocycles. The fraction of sp³-hybridized carbons (Fsp3) is 0.323. The second-order valence-electron chi connectivity index (χ2n) is 9.64. The molecular formula is C31H36N4O4. The molecule has 2 amide bonds. The first-order chi connectivity index (χ1) is 18.9. The molecule has 1 aliphatic rings. The van der Waals surface area contributed by atoms with Gasteiger partial charge in [-0.05, 0) is 79.8 Å². The molecule has 0 radical (unpaired) electrons. The number of ether oxygens (including phenoxy) is 2.